The zero-order valence-corrected chi connectivity index (χ0v) is 21.5. The van der Waals surface area contributed by atoms with Gasteiger partial charge in [-0.3, -0.25) is 14.5 Å². The van der Waals surface area contributed by atoms with E-state index >= 15 is 4.39 Å². The molecule has 0 radical (unpaired) electrons. The summed E-state index contributed by atoms with van der Waals surface area (Å²) in [5, 5.41) is 19.9. The Balaban J connectivity index is 1.36. The second-order valence-electron chi connectivity index (χ2n) is 8.60. The number of aliphatic hydroxyl groups excluding tert-OH is 1. The Kier molecular flexibility index (Phi) is 6.45. The van der Waals surface area contributed by atoms with Crippen molar-refractivity contribution in [3.63, 3.8) is 0 Å². The molecule has 0 saturated carbocycles. The van der Waals surface area contributed by atoms with Crippen LogP contribution in [0.15, 0.2) is 99.0 Å². The lowest BCUT2D eigenvalue weighted by Gasteiger charge is -2.24. The van der Waals surface area contributed by atoms with Crippen molar-refractivity contribution < 1.29 is 27.9 Å². The number of anilines is 1. The van der Waals surface area contributed by atoms with E-state index < -0.39 is 29.3 Å². The van der Waals surface area contributed by atoms with Crippen LogP contribution in [-0.2, 0) is 10.5 Å². The highest BCUT2D eigenvalue weighted by atomic mass is 32.2. The van der Waals surface area contributed by atoms with Crippen molar-refractivity contribution in [2.75, 3.05) is 4.90 Å². The summed E-state index contributed by atoms with van der Waals surface area (Å²) in [6.07, 6.45) is 0. The third-order valence-corrected chi connectivity index (χ3v) is 8.31. The van der Waals surface area contributed by atoms with E-state index in [1.54, 1.807) is 42.5 Å². The van der Waals surface area contributed by atoms with Gasteiger partial charge in [0.25, 0.3) is 5.91 Å². The van der Waals surface area contributed by atoms with Crippen LogP contribution in [0.5, 0.6) is 0 Å². The van der Waals surface area contributed by atoms with E-state index in [9.17, 15) is 19.1 Å². The van der Waals surface area contributed by atoms with Crippen molar-refractivity contribution in [1.82, 2.24) is 10.2 Å². The second-order valence-corrected chi connectivity index (χ2v) is 10.8. The number of carbonyl (C=O) groups excluding carboxylic acids is 2. The number of carbonyl (C=O) groups is 2. The van der Waals surface area contributed by atoms with Gasteiger partial charge in [-0.25, -0.2) is 8.78 Å². The molecule has 11 heteroatoms. The number of ketones is 1. The van der Waals surface area contributed by atoms with Crippen molar-refractivity contribution in [1.29, 1.82) is 0 Å². The molecule has 6 rings (SSSR count). The summed E-state index contributed by atoms with van der Waals surface area (Å²) in [4.78, 5) is 28.1. The van der Waals surface area contributed by atoms with Crippen molar-refractivity contribution in [2.24, 2.45) is 0 Å². The van der Waals surface area contributed by atoms with Crippen molar-refractivity contribution >= 4 is 50.9 Å². The van der Waals surface area contributed by atoms with Crippen LogP contribution in [0.25, 0.3) is 11.0 Å². The van der Waals surface area contributed by atoms with E-state index in [0.717, 1.165) is 21.8 Å². The van der Waals surface area contributed by atoms with Crippen LogP contribution in [0, 0.1) is 11.6 Å². The molecule has 2 aromatic heterocycles. The van der Waals surface area contributed by atoms with Crippen LogP contribution >= 0.6 is 23.1 Å². The van der Waals surface area contributed by atoms with Crippen LogP contribution in [0.2, 0.25) is 0 Å². The molecule has 0 saturated heterocycles. The van der Waals surface area contributed by atoms with E-state index in [2.05, 4.69) is 10.2 Å². The number of fused-ring (bicyclic) bond motifs is 1. The number of para-hydroxylation sites is 1. The van der Waals surface area contributed by atoms with Gasteiger partial charge in [0, 0.05) is 16.7 Å². The Morgan fingerprint density at radius 3 is 2.54 bits per heavy atom. The molecule has 3 heterocycles. The molecular formula is C28H17F2N3O4S2. The largest absolute Gasteiger partial charge is 0.503 e. The van der Waals surface area contributed by atoms with E-state index in [4.69, 9.17) is 4.42 Å². The molecule has 1 atom stereocenters. The minimum absolute atomic E-state index is 0.00470. The average Bonchev–Trinajstić information content (AvgIpc) is 3.65. The first kappa shape index (κ1) is 25.0. The van der Waals surface area contributed by atoms with Gasteiger partial charge in [-0.05, 0) is 35.9 Å². The molecule has 7 nitrogen and oxygen atoms in total. The molecule has 39 heavy (non-hydrogen) atoms. The zero-order valence-electron chi connectivity index (χ0n) is 19.9. The van der Waals surface area contributed by atoms with E-state index in [1.165, 1.54) is 48.2 Å². The van der Waals surface area contributed by atoms with Gasteiger partial charge in [0.1, 0.15) is 23.3 Å². The molecule has 1 N–H and O–H groups in total. The SMILES string of the molecule is O=C(C1=C(O)C(=O)N(c2nnc(SCc3ccc(F)cc3)s2)C1c1ccccc1F)c1cc2ccccc2o1. The van der Waals surface area contributed by atoms with Crippen LogP contribution in [0.3, 0.4) is 0 Å². The Hall–Kier alpha value is -4.35. The molecule has 1 unspecified atom stereocenters. The molecule has 194 valence electrons. The number of halogens is 2. The van der Waals surface area contributed by atoms with Gasteiger partial charge in [0.05, 0.1) is 5.57 Å². The molecule has 5 aromatic rings. The standard InChI is InChI=1S/C28H17F2N3O4S2/c29-17-11-9-15(10-12-17)14-38-28-32-31-27(39-28)33-23(18-6-2-3-7-19(18)30)22(25(35)26(33)36)24(34)21-13-16-5-1-4-8-20(16)37-21/h1-13,23,35H,14H2. The molecule has 0 bridgehead atoms. The summed E-state index contributed by atoms with van der Waals surface area (Å²) in [7, 11) is 0. The summed E-state index contributed by atoms with van der Waals surface area (Å²) in [6, 6.07) is 18.9. The van der Waals surface area contributed by atoms with Gasteiger partial charge in [-0.1, -0.05) is 71.6 Å². The molecule has 0 fully saturated rings. The quantitative estimate of drug-likeness (QED) is 0.135. The molecule has 0 aliphatic carbocycles. The topological polar surface area (TPSA) is 96.5 Å². The fourth-order valence-corrected chi connectivity index (χ4v) is 6.16. The Morgan fingerprint density at radius 1 is 1.03 bits per heavy atom. The highest BCUT2D eigenvalue weighted by molar-refractivity contribution is 8.00. The number of hydrogen-bond donors (Lipinski definition) is 1. The number of furan rings is 1. The van der Waals surface area contributed by atoms with Gasteiger partial charge in [0.15, 0.2) is 15.9 Å². The number of Topliss-reactive ketones (excluding diaryl/α,β-unsaturated/α-hetero) is 1. The molecule has 3 aromatic carbocycles. The van der Waals surface area contributed by atoms with E-state index in [-0.39, 0.29) is 27.8 Å². The van der Waals surface area contributed by atoms with Gasteiger partial charge < -0.3 is 9.52 Å². The molecule has 0 spiro atoms. The van der Waals surface area contributed by atoms with Crippen molar-refractivity contribution in [3.8, 4) is 0 Å². The third-order valence-electron chi connectivity index (χ3n) is 6.18. The predicted octanol–water partition coefficient (Wildman–Crippen LogP) is 6.64. The van der Waals surface area contributed by atoms with E-state index in [1.807, 2.05) is 0 Å². The first-order valence-corrected chi connectivity index (χ1v) is 13.5. The number of amides is 1. The molecule has 1 aliphatic rings. The summed E-state index contributed by atoms with van der Waals surface area (Å²) < 4.78 is 34.5. The van der Waals surface area contributed by atoms with Crippen molar-refractivity contribution in [2.45, 2.75) is 16.1 Å². The number of thioether (sulfide) groups is 1. The fraction of sp³-hybridized carbons (Fsp3) is 0.0714. The van der Waals surface area contributed by atoms with Gasteiger partial charge in [-0.15, -0.1) is 10.2 Å². The van der Waals surface area contributed by atoms with Gasteiger partial charge >= 0.3 is 0 Å². The van der Waals surface area contributed by atoms with Crippen molar-refractivity contribution in [3.05, 3.63) is 119 Å². The lowest BCUT2D eigenvalue weighted by atomic mass is 9.95. The lowest BCUT2D eigenvalue weighted by Crippen LogP contribution is -2.31. The maximum atomic E-state index is 15.1. The normalized spacial score (nSPS) is 15.5. The van der Waals surface area contributed by atoms with Crippen LogP contribution in [0.4, 0.5) is 13.9 Å². The Morgan fingerprint density at radius 2 is 1.77 bits per heavy atom. The Bertz CT molecular complexity index is 1730. The number of aliphatic hydroxyl groups is 1. The number of rotatable bonds is 7. The average molecular weight is 562 g/mol. The maximum Gasteiger partial charge on any atom is 0.296 e. The number of nitrogens with zero attached hydrogens (tertiary/aromatic N) is 3. The first-order valence-electron chi connectivity index (χ1n) is 11.7. The molecular weight excluding hydrogens is 544 g/mol. The van der Waals surface area contributed by atoms with Crippen LogP contribution in [-0.4, -0.2) is 27.0 Å². The third kappa shape index (κ3) is 4.59. The molecule has 1 amide bonds. The van der Waals surface area contributed by atoms with Crippen LogP contribution < -0.4 is 4.90 Å². The van der Waals surface area contributed by atoms with Gasteiger partial charge in [-0.2, -0.15) is 0 Å². The monoisotopic (exact) mass is 561 g/mol. The maximum absolute atomic E-state index is 15.1. The van der Waals surface area contributed by atoms with Crippen LogP contribution in [0.1, 0.15) is 27.7 Å². The summed E-state index contributed by atoms with van der Waals surface area (Å²) in [5.74, 6) is -3.10. The molecule has 1 aliphatic heterocycles. The lowest BCUT2D eigenvalue weighted by molar-refractivity contribution is -0.117. The fourth-order valence-electron chi connectivity index (χ4n) is 4.34. The minimum Gasteiger partial charge on any atom is -0.503 e. The first-order chi connectivity index (χ1) is 18.9. The predicted molar refractivity (Wildman–Crippen MR) is 143 cm³/mol. The second kappa shape index (κ2) is 10.1. The smallest absolute Gasteiger partial charge is 0.296 e. The number of benzene rings is 3. The highest BCUT2D eigenvalue weighted by Crippen LogP contribution is 2.44. The highest BCUT2D eigenvalue weighted by Gasteiger charge is 2.47. The number of aromatic nitrogens is 2. The summed E-state index contributed by atoms with van der Waals surface area (Å²) in [5.41, 5.74) is 0.999. The number of hydrogen-bond acceptors (Lipinski definition) is 8. The summed E-state index contributed by atoms with van der Waals surface area (Å²) >= 11 is 2.37. The van der Waals surface area contributed by atoms with E-state index in [0.29, 0.717) is 21.1 Å². The van der Waals surface area contributed by atoms with Gasteiger partial charge in [0.2, 0.25) is 10.9 Å². The summed E-state index contributed by atoms with van der Waals surface area (Å²) in [6.45, 7) is 0. The zero-order chi connectivity index (χ0) is 27.1. The Labute approximate surface area is 228 Å². The minimum atomic E-state index is -1.30.